The topological polar surface area (TPSA) is 42.0 Å². The van der Waals surface area contributed by atoms with Crippen LogP contribution in [0.3, 0.4) is 0 Å². The number of nitrogens with one attached hydrogen (secondary N) is 1. The minimum absolute atomic E-state index is 0.0640. The molecule has 0 saturated carbocycles. The molecule has 1 aliphatic rings. The lowest BCUT2D eigenvalue weighted by molar-refractivity contribution is 0.0940. The Morgan fingerprint density at radius 3 is 2.48 bits per heavy atom. The van der Waals surface area contributed by atoms with E-state index < -0.39 is 0 Å². The summed E-state index contributed by atoms with van der Waals surface area (Å²) in [4.78, 5) is 16.1. The molecule has 3 rings (SSSR count). The zero-order chi connectivity index (χ0) is 15.0. The summed E-state index contributed by atoms with van der Waals surface area (Å²) in [5, 5.41) is 2.82. The molecular weight excluding hydrogens is 260 g/mol. The van der Waals surface area contributed by atoms with Crippen LogP contribution in [0.5, 0.6) is 0 Å². The summed E-state index contributed by atoms with van der Waals surface area (Å²) in [5.74, 6) is -0.0640. The molecule has 2 heterocycles. The molecule has 1 aromatic heterocycles. The third kappa shape index (κ3) is 2.68. The standard InChI is InChI=1S/C18H20N2O/c1-18(2,3)15-6-4-12(5-7-15)14-10-13-8-9-19-17(21)16(13)20-11-14/h4-7,10-11H,8-9H2,1-3H3,(H,19,21). The van der Waals surface area contributed by atoms with Gasteiger partial charge in [0.25, 0.3) is 5.91 Å². The summed E-state index contributed by atoms with van der Waals surface area (Å²) in [5.41, 5.74) is 5.29. The Morgan fingerprint density at radius 2 is 1.81 bits per heavy atom. The number of nitrogens with zero attached hydrogens (tertiary/aromatic N) is 1. The van der Waals surface area contributed by atoms with Crippen LogP contribution in [-0.2, 0) is 11.8 Å². The molecule has 2 aromatic rings. The number of fused-ring (bicyclic) bond motifs is 1. The lowest BCUT2D eigenvalue weighted by Gasteiger charge is -2.19. The van der Waals surface area contributed by atoms with Gasteiger partial charge in [-0.1, -0.05) is 45.0 Å². The van der Waals surface area contributed by atoms with E-state index >= 15 is 0 Å². The summed E-state index contributed by atoms with van der Waals surface area (Å²) in [6.07, 6.45) is 2.64. The molecule has 0 bridgehead atoms. The normalized spacial score (nSPS) is 14.5. The maximum atomic E-state index is 11.7. The quantitative estimate of drug-likeness (QED) is 0.870. The molecular formula is C18H20N2O. The van der Waals surface area contributed by atoms with Crippen molar-refractivity contribution in [1.82, 2.24) is 10.3 Å². The van der Waals surface area contributed by atoms with Crippen LogP contribution in [0.1, 0.15) is 42.4 Å². The second-order valence-corrected chi connectivity index (χ2v) is 6.56. The number of rotatable bonds is 1. The van der Waals surface area contributed by atoms with Gasteiger partial charge in [0.05, 0.1) is 0 Å². The van der Waals surface area contributed by atoms with E-state index in [1.165, 1.54) is 5.56 Å². The zero-order valence-corrected chi connectivity index (χ0v) is 12.7. The summed E-state index contributed by atoms with van der Waals surface area (Å²) < 4.78 is 0. The van der Waals surface area contributed by atoms with Crippen molar-refractivity contribution in [3.63, 3.8) is 0 Å². The molecule has 0 atom stereocenters. The zero-order valence-electron chi connectivity index (χ0n) is 12.7. The molecule has 0 aliphatic carbocycles. The van der Waals surface area contributed by atoms with Gasteiger partial charge in [-0.15, -0.1) is 0 Å². The highest BCUT2D eigenvalue weighted by molar-refractivity contribution is 5.95. The molecule has 1 N–H and O–H groups in total. The van der Waals surface area contributed by atoms with E-state index in [2.05, 4.69) is 61.4 Å². The van der Waals surface area contributed by atoms with E-state index in [4.69, 9.17) is 0 Å². The highest BCUT2D eigenvalue weighted by atomic mass is 16.1. The van der Waals surface area contributed by atoms with Gasteiger partial charge < -0.3 is 5.32 Å². The van der Waals surface area contributed by atoms with E-state index in [1.807, 2.05) is 0 Å². The van der Waals surface area contributed by atoms with Crippen molar-refractivity contribution in [2.45, 2.75) is 32.6 Å². The summed E-state index contributed by atoms with van der Waals surface area (Å²) in [6, 6.07) is 10.7. The van der Waals surface area contributed by atoms with Crippen LogP contribution in [0.4, 0.5) is 0 Å². The first-order valence-electron chi connectivity index (χ1n) is 7.33. The van der Waals surface area contributed by atoms with E-state index in [0.29, 0.717) is 12.2 Å². The van der Waals surface area contributed by atoms with Gasteiger partial charge in [0, 0.05) is 18.3 Å². The molecule has 0 fully saturated rings. The van der Waals surface area contributed by atoms with Gasteiger partial charge in [-0.3, -0.25) is 9.78 Å². The van der Waals surface area contributed by atoms with Crippen molar-refractivity contribution >= 4 is 5.91 Å². The van der Waals surface area contributed by atoms with Crippen LogP contribution in [-0.4, -0.2) is 17.4 Å². The Morgan fingerprint density at radius 1 is 1.10 bits per heavy atom. The highest BCUT2D eigenvalue weighted by Gasteiger charge is 2.19. The summed E-state index contributed by atoms with van der Waals surface area (Å²) >= 11 is 0. The lowest BCUT2D eigenvalue weighted by atomic mass is 9.86. The molecule has 3 heteroatoms. The first-order valence-corrected chi connectivity index (χ1v) is 7.33. The molecule has 0 radical (unpaired) electrons. The van der Waals surface area contributed by atoms with Crippen molar-refractivity contribution < 1.29 is 4.79 Å². The highest BCUT2D eigenvalue weighted by Crippen LogP contribution is 2.27. The third-order valence-corrected chi connectivity index (χ3v) is 3.95. The minimum atomic E-state index is -0.0640. The first-order chi connectivity index (χ1) is 9.95. The minimum Gasteiger partial charge on any atom is -0.350 e. The van der Waals surface area contributed by atoms with Crippen LogP contribution < -0.4 is 5.32 Å². The fourth-order valence-electron chi connectivity index (χ4n) is 2.62. The fourth-order valence-corrected chi connectivity index (χ4v) is 2.62. The van der Waals surface area contributed by atoms with Crippen LogP contribution in [0.2, 0.25) is 0 Å². The van der Waals surface area contributed by atoms with Crippen molar-refractivity contribution in [2.24, 2.45) is 0 Å². The largest absolute Gasteiger partial charge is 0.350 e. The second kappa shape index (κ2) is 4.99. The van der Waals surface area contributed by atoms with E-state index in [9.17, 15) is 4.79 Å². The smallest absolute Gasteiger partial charge is 0.270 e. The molecule has 108 valence electrons. The monoisotopic (exact) mass is 280 g/mol. The SMILES string of the molecule is CC(C)(C)c1ccc(-c2cnc3c(c2)CCNC3=O)cc1. The number of benzene rings is 1. The Labute approximate surface area is 125 Å². The number of pyridine rings is 1. The van der Waals surface area contributed by atoms with Crippen molar-refractivity contribution in [1.29, 1.82) is 0 Å². The van der Waals surface area contributed by atoms with Crippen LogP contribution in [0, 0.1) is 0 Å². The van der Waals surface area contributed by atoms with Crippen molar-refractivity contribution in [2.75, 3.05) is 6.54 Å². The summed E-state index contributed by atoms with van der Waals surface area (Å²) in [6.45, 7) is 7.32. The lowest BCUT2D eigenvalue weighted by Crippen LogP contribution is -2.32. The first kappa shape index (κ1) is 13.8. The van der Waals surface area contributed by atoms with E-state index in [-0.39, 0.29) is 11.3 Å². The molecule has 1 aliphatic heterocycles. The van der Waals surface area contributed by atoms with Gasteiger partial charge >= 0.3 is 0 Å². The molecule has 0 unspecified atom stereocenters. The predicted molar refractivity (Wildman–Crippen MR) is 84.4 cm³/mol. The Bertz CT molecular complexity index is 681. The summed E-state index contributed by atoms with van der Waals surface area (Å²) in [7, 11) is 0. The molecule has 0 saturated heterocycles. The van der Waals surface area contributed by atoms with E-state index in [1.54, 1.807) is 6.20 Å². The van der Waals surface area contributed by atoms with Gasteiger partial charge in [-0.2, -0.15) is 0 Å². The van der Waals surface area contributed by atoms with Gasteiger partial charge in [0.15, 0.2) is 0 Å². The number of amides is 1. The van der Waals surface area contributed by atoms with E-state index in [0.717, 1.165) is 23.1 Å². The molecule has 1 aromatic carbocycles. The number of hydrogen-bond donors (Lipinski definition) is 1. The number of hydrogen-bond acceptors (Lipinski definition) is 2. The number of aromatic nitrogens is 1. The van der Waals surface area contributed by atoms with Gasteiger partial charge in [0.1, 0.15) is 5.69 Å². The molecule has 21 heavy (non-hydrogen) atoms. The Balaban J connectivity index is 1.96. The van der Waals surface area contributed by atoms with Crippen molar-refractivity contribution in [3.05, 3.63) is 53.3 Å². The van der Waals surface area contributed by atoms with Gasteiger partial charge in [-0.25, -0.2) is 0 Å². The maximum Gasteiger partial charge on any atom is 0.270 e. The second-order valence-electron chi connectivity index (χ2n) is 6.56. The number of carbonyl (C=O) groups excluding carboxylic acids is 1. The fraction of sp³-hybridized carbons (Fsp3) is 0.333. The van der Waals surface area contributed by atoms with Gasteiger partial charge in [-0.05, 0) is 34.6 Å². The van der Waals surface area contributed by atoms with Crippen LogP contribution in [0.15, 0.2) is 36.5 Å². The molecule has 1 amide bonds. The van der Waals surface area contributed by atoms with Crippen molar-refractivity contribution in [3.8, 4) is 11.1 Å². The Hall–Kier alpha value is -2.16. The third-order valence-electron chi connectivity index (χ3n) is 3.95. The maximum absolute atomic E-state index is 11.7. The molecule has 3 nitrogen and oxygen atoms in total. The van der Waals surface area contributed by atoms with Crippen LogP contribution in [0.25, 0.3) is 11.1 Å². The van der Waals surface area contributed by atoms with Crippen LogP contribution >= 0.6 is 0 Å². The molecule has 0 spiro atoms. The number of carbonyl (C=O) groups is 1. The Kier molecular flexibility index (Phi) is 3.28. The predicted octanol–water partition coefficient (Wildman–Crippen LogP) is 3.33. The average molecular weight is 280 g/mol. The van der Waals surface area contributed by atoms with Gasteiger partial charge in [0.2, 0.25) is 0 Å². The average Bonchev–Trinajstić information content (AvgIpc) is 2.46.